The van der Waals surface area contributed by atoms with Crippen LogP contribution in [0.5, 0.6) is 0 Å². The van der Waals surface area contributed by atoms with Crippen molar-refractivity contribution >= 4 is 5.82 Å². The summed E-state index contributed by atoms with van der Waals surface area (Å²) in [6.45, 7) is 10.5. The van der Waals surface area contributed by atoms with Gasteiger partial charge in [-0.3, -0.25) is 0 Å². The highest BCUT2D eigenvalue weighted by molar-refractivity contribution is 5.39. The number of rotatable bonds is 9. The minimum absolute atomic E-state index is 0.487. The van der Waals surface area contributed by atoms with Gasteiger partial charge in [-0.2, -0.15) is 0 Å². The molecule has 0 aromatic carbocycles. The lowest BCUT2D eigenvalue weighted by Crippen LogP contribution is -2.33. The van der Waals surface area contributed by atoms with Crippen LogP contribution >= 0.6 is 0 Å². The van der Waals surface area contributed by atoms with Gasteiger partial charge >= 0.3 is 0 Å². The minimum atomic E-state index is 0.487. The molecule has 4 nitrogen and oxygen atoms in total. The summed E-state index contributed by atoms with van der Waals surface area (Å²) in [6.07, 6.45) is 1.14. The number of aromatic nitrogens is 1. The molecule has 1 rings (SSSR count). The van der Waals surface area contributed by atoms with Crippen molar-refractivity contribution < 1.29 is 0 Å². The van der Waals surface area contributed by atoms with E-state index in [9.17, 15) is 0 Å². The SMILES string of the molecule is CCCN(CCN(C)C)c1cccc(CNC(C)C)n1. The molecule has 1 aromatic heterocycles. The van der Waals surface area contributed by atoms with Crippen molar-refractivity contribution in [2.75, 3.05) is 38.6 Å². The van der Waals surface area contributed by atoms with Crippen LogP contribution in [0.1, 0.15) is 32.9 Å². The summed E-state index contributed by atoms with van der Waals surface area (Å²) < 4.78 is 0. The summed E-state index contributed by atoms with van der Waals surface area (Å²) in [4.78, 5) is 9.38. The van der Waals surface area contributed by atoms with Gasteiger partial charge in [0.05, 0.1) is 5.69 Å². The fraction of sp³-hybridized carbons (Fsp3) is 0.688. The largest absolute Gasteiger partial charge is 0.355 e. The van der Waals surface area contributed by atoms with E-state index in [1.165, 1.54) is 0 Å². The van der Waals surface area contributed by atoms with E-state index in [4.69, 9.17) is 4.98 Å². The molecule has 1 heterocycles. The summed E-state index contributed by atoms with van der Waals surface area (Å²) in [5, 5.41) is 3.42. The third-order valence-electron chi connectivity index (χ3n) is 3.12. The fourth-order valence-corrected chi connectivity index (χ4v) is 1.98. The summed E-state index contributed by atoms with van der Waals surface area (Å²) in [6, 6.07) is 6.80. The number of hydrogen-bond donors (Lipinski definition) is 1. The molecule has 0 fully saturated rings. The zero-order valence-electron chi connectivity index (χ0n) is 13.7. The molecule has 0 atom stereocenters. The van der Waals surface area contributed by atoms with Crippen molar-refractivity contribution in [1.82, 2.24) is 15.2 Å². The average Bonchev–Trinajstić information content (AvgIpc) is 2.41. The molecule has 0 unspecified atom stereocenters. The Balaban J connectivity index is 2.71. The van der Waals surface area contributed by atoms with Crippen LogP contribution in [0.4, 0.5) is 5.82 Å². The molecule has 0 aliphatic carbocycles. The maximum absolute atomic E-state index is 4.79. The van der Waals surface area contributed by atoms with Gasteiger partial charge in [-0.15, -0.1) is 0 Å². The van der Waals surface area contributed by atoms with Crippen LogP contribution in [-0.2, 0) is 6.54 Å². The molecule has 20 heavy (non-hydrogen) atoms. The smallest absolute Gasteiger partial charge is 0.128 e. The van der Waals surface area contributed by atoms with E-state index in [0.717, 1.165) is 44.1 Å². The Bertz CT molecular complexity index is 376. The average molecular weight is 278 g/mol. The van der Waals surface area contributed by atoms with Crippen molar-refractivity contribution in [3.63, 3.8) is 0 Å². The van der Waals surface area contributed by atoms with Crippen LogP contribution in [-0.4, -0.2) is 49.7 Å². The first-order valence-corrected chi connectivity index (χ1v) is 7.62. The van der Waals surface area contributed by atoms with Crippen molar-refractivity contribution in [3.05, 3.63) is 23.9 Å². The second kappa shape index (κ2) is 8.93. The third-order valence-corrected chi connectivity index (χ3v) is 3.12. The summed E-state index contributed by atoms with van der Waals surface area (Å²) in [5.74, 6) is 1.09. The third kappa shape index (κ3) is 6.35. The minimum Gasteiger partial charge on any atom is -0.355 e. The highest BCUT2D eigenvalue weighted by Crippen LogP contribution is 2.12. The van der Waals surface area contributed by atoms with Gasteiger partial charge in [0.15, 0.2) is 0 Å². The van der Waals surface area contributed by atoms with E-state index in [0.29, 0.717) is 6.04 Å². The first-order valence-electron chi connectivity index (χ1n) is 7.62. The Kier molecular flexibility index (Phi) is 7.55. The van der Waals surface area contributed by atoms with Crippen molar-refractivity contribution in [2.45, 2.75) is 39.8 Å². The Hall–Kier alpha value is -1.13. The molecule has 0 saturated heterocycles. The second-order valence-corrected chi connectivity index (χ2v) is 5.81. The van der Waals surface area contributed by atoms with Crippen LogP contribution in [0.3, 0.4) is 0 Å². The van der Waals surface area contributed by atoms with E-state index in [1.807, 2.05) is 0 Å². The zero-order valence-corrected chi connectivity index (χ0v) is 13.7. The fourth-order valence-electron chi connectivity index (χ4n) is 1.98. The monoisotopic (exact) mass is 278 g/mol. The van der Waals surface area contributed by atoms with Crippen molar-refractivity contribution in [3.8, 4) is 0 Å². The Morgan fingerprint density at radius 1 is 1.15 bits per heavy atom. The summed E-state index contributed by atoms with van der Waals surface area (Å²) in [7, 11) is 4.22. The van der Waals surface area contributed by atoms with Gasteiger partial charge in [0.2, 0.25) is 0 Å². The topological polar surface area (TPSA) is 31.4 Å². The lowest BCUT2D eigenvalue weighted by molar-refractivity contribution is 0.412. The molecule has 114 valence electrons. The normalized spacial score (nSPS) is 11.3. The number of pyridine rings is 1. The number of hydrogen-bond acceptors (Lipinski definition) is 4. The van der Waals surface area contributed by atoms with Gasteiger partial charge in [-0.05, 0) is 32.6 Å². The van der Waals surface area contributed by atoms with Gasteiger partial charge < -0.3 is 15.1 Å². The molecular formula is C16H30N4. The van der Waals surface area contributed by atoms with E-state index < -0.39 is 0 Å². The van der Waals surface area contributed by atoms with E-state index >= 15 is 0 Å². The lowest BCUT2D eigenvalue weighted by atomic mass is 10.3. The highest BCUT2D eigenvalue weighted by Gasteiger charge is 2.08. The van der Waals surface area contributed by atoms with Gasteiger partial charge in [0, 0.05) is 32.2 Å². The molecule has 1 aromatic rings. The van der Waals surface area contributed by atoms with E-state index in [1.54, 1.807) is 0 Å². The molecule has 0 aliphatic heterocycles. The number of nitrogens with one attached hydrogen (secondary N) is 1. The molecule has 4 heteroatoms. The molecule has 0 amide bonds. The molecule has 1 N–H and O–H groups in total. The second-order valence-electron chi connectivity index (χ2n) is 5.81. The highest BCUT2D eigenvalue weighted by atomic mass is 15.2. The first kappa shape index (κ1) is 16.9. The standard InChI is InChI=1S/C16H30N4/c1-6-10-20(12-11-19(4)5)16-9-7-8-15(18-16)13-17-14(2)3/h7-9,14,17H,6,10-13H2,1-5H3. The number of likely N-dealkylation sites (N-methyl/N-ethyl adjacent to an activating group) is 1. The lowest BCUT2D eigenvalue weighted by Gasteiger charge is -2.25. The maximum Gasteiger partial charge on any atom is 0.128 e. The van der Waals surface area contributed by atoms with Crippen LogP contribution in [0.25, 0.3) is 0 Å². The molecule has 0 aliphatic rings. The predicted molar refractivity (Wildman–Crippen MR) is 87.3 cm³/mol. The number of anilines is 1. The zero-order chi connectivity index (χ0) is 15.0. The first-order chi connectivity index (χ1) is 9.52. The van der Waals surface area contributed by atoms with Crippen molar-refractivity contribution in [2.24, 2.45) is 0 Å². The molecule has 0 saturated carbocycles. The van der Waals surface area contributed by atoms with Gasteiger partial charge in [0.25, 0.3) is 0 Å². The summed E-state index contributed by atoms with van der Waals surface area (Å²) in [5.41, 5.74) is 1.11. The molecular weight excluding hydrogens is 248 g/mol. The van der Waals surface area contributed by atoms with Gasteiger partial charge in [-0.25, -0.2) is 4.98 Å². The number of nitrogens with zero attached hydrogens (tertiary/aromatic N) is 3. The molecule has 0 bridgehead atoms. The van der Waals surface area contributed by atoms with E-state index in [2.05, 4.69) is 68.2 Å². The maximum atomic E-state index is 4.79. The van der Waals surface area contributed by atoms with E-state index in [-0.39, 0.29) is 0 Å². The van der Waals surface area contributed by atoms with Crippen molar-refractivity contribution in [1.29, 1.82) is 0 Å². The Labute approximate surface area is 124 Å². The van der Waals surface area contributed by atoms with Crippen LogP contribution in [0.2, 0.25) is 0 Å². The van der Waals surface area contributed by atoms with Crippen LogP contribution < -0.4 is 10.2 Å². The van der Waals surface area contributed by atoms with Crippen LogP contribution in [0, 0.1) is 0 Å². The Morgan fingerprint density at radius 2 is 1.90 bits per heavy atom. The van der Waals surface area contributed by atoms with Crippen LogP contribution in [0.15, 0.2) is 18.2 Å². The Morgan fingerprint density at radius 3 is 2.50 bits per heavy atom. The van der Waals surface area contributed by atoms with Gasteiger partial charge in [-0.1, -0.05) is 26.8 Å². The molecule has 0 radical (unpaired) electrons. The quantitative estimate of drug-likeness (QED) is 0.751. The molecule has 0 spiro atoms. The summed E-state index contributed by atoms with van der Waals surface area (Å²) >= 11 is 0. The van der Waals surface area contributed by atoms with Gasteiger partial charge in [0.1, 0.15) is 5.82 Å². The predicted octanol–water partition coefficient (Wildman–Crippen LogP) is 2.36.